The van der Waals surface area contributed by atoms with Gasteiger partial charge in [-0.15, -0.1) is 13.2 Å². The predicted molar refractivity (Wildman–Crippen MR) is 91.3 cm³/mol. The van der Waals surface area contributed by atoms with Gasteiger partial charge < -0.3 is 14.4 Å². The maximum absolute atomic E-state index is 12.8. The Labute approximate surface area is 153 Å². The highest BCUT2D eigenvalue weighted by molar-refractivity contribution is 6.30. The second-order valence-electron chi connectivity index (χ2n) is 5.39. The van der Waals surface area contributed by atoms with Crippen LogP contribution in [0.1, 0.15) is 10.4 Å². The lowest BCUT2D eigenvalue weighted by molar-refractivity contribution is -0.274. The van der Waals surface area contributed by atoms with Crippen LogP contribution in [0.3, 0.4) is 0 Å². The first-order valence-electron chi connectivity index (χ1n) is 7.37. The number of alkyl halides is 3. The fourth-order valence-electron chi connectivity index (χ4n) is 2.00. The Hall–Kier alpha value is -2.67. The Morgan fingerprint density at radius 3 is 2.27 bits per heavy atom. The van der Waals surface area contributed by atoms with E-state index in [1.165, 1.54) is 41.4 Å². The quantitative estimate of drug-likeness (QED) is 0.402. The number of hydrogen-bond acceptors (Lipinski definition) is 4. The molecule has 0 aliphatic heterocycles. The first-order valence-corrected chi connectivity index (χ1v) is 7.74. The monoisotopic (exact) mass is 385 g/mol. The van der Waals surface area contributed by atoms with Crippen LogP contribution in [0, 0.1) is 0 Å². The summed E-state index contributed by atoms with van der Waals surface area (Å²) in [5.41, 5.74) is -0.271. The maximum Gasteiger partial charge on any atom is 0.573 e. The van der Waals surface area contributed by atoms with Gasteiger partial charge in [0, 0.05) is 25.3 Å². The predicted octanol–water partition coefficient (Wildman–Crippen LogP) is 4.90. The molecule has 0 saturated carbocycles. The molecule has 0 aromatic heterocycles. The number of ketones is 1. The van der Waals surface area contributed by atoms with Gasteiger partial charge in [0.05, 0.1) is 5.56 Å². The highest BCUT2D eigenvalue weighted by Crippen LogP contribution is 2.29. The number of benzene rings is 2. The van der Waals surface area contributed by atoms with Crippen molar-refractivity contribution in [3.8, 4) is 11.5 Å². The van der Waals surface area contributed by atoms with E-state index in [0.29, 0.717) is 10.8 Å². The van der Waals surface area contributed by atoms with Gasteiger partial charge in [0.25, 0.3) is 0 Å². The van der Waals surface area contributed by atoms with E-state index in [9.17, 15) is 18.0 Å². The van der Waals surface area contributed by atoms with Crippen molar-refractivity contribution in [2.75, 3.05) is 14.1 Å². The lowest BCUT2D eigenvalue weighted by Gasteiger charge is -2.16. The molecule has 4 nitrogen and oxygen atoms in total. The van der Waals surface area contributed by atoms with Crippen molar-refractivity contribution >= 4 is 17.4 Å². The number of para-hydroxylation sites is 1. The molecule has 2 aromatic carbocycles. The van der Waals surface area contributed by atoms with E-state index in [2.05, 4.69) is 4.74 Å². The molecule has 0 heterocycles. The Morgan fingerprint density at radius 1 is 1.08 bits per heavy atom. The summed E-state index contributed by atoms with van der Waals surface area (Å²) in [6, 6.07) is 11.3. The van der Waals surface area contributed by atoms with Crippen molar-refractivity contribution in [2.45, 2.75) is 6.36 Å². The van der Waals surface area contributed by atoms with Crippen LogP contribution in [0.25, 0.3) is 0 Å². The summed E-state index contributed by atoms with van der Waals surface area (Å²) in [7, 11) is 3.30. The second kappa shape index (κ2) is 8.14. The molecule has 0 aliphatic rings. The zero-order valence-electron chi connectivity index (χ0n) is 13.9. The number of nitrogens with zero attached hydrogens (tertiary/aromatic N) is 1. The van der Waals surface area contributed by atoms with Crippen molar-refractivity contribution in [2.24, 2.45) is 0 Å². The van der Waals surface area contributed by atoms with E-state index < -0.39 is 17.9 Å². The fourth-order valence-corrected chi connectivity index (χ4v) is 2.12. The molecule has 2 aromatic rings. The zero-order chi connectivity index (χ0) is 19.3. The summed E-state index contributed by atoms with van der Waals surface area (Å²) in [6.07, 6.45) is -3.56. The number of carbonyl (C=O) groups excluding carboxylic acids is 1. The van der Waals surface area contributed by atoms with Gasteiger partial charge in [-0.1, -0.05) is 23.7 Å². The molecule has 26 heavy (non-hydrogen) atoms. The molecule has 0 amide bonds. The van der Waals surface area contributed by atoms with Gasteiger partial charge in [-0.25, -0.2) is 0 Å². The summed E-state index contributed by atoms with van der Waals surface area (Å²) >= 11 is 5.80. The normalized spacial score (nSPS) is 11.8. The standard InChI is InChI=1S/C18H15ClF3NO3/c1-23(2)11-16(25-13-9-7-12(19)8-10-13)17(24)14-5-3-4-6-15(14)26-18(20,21)22/h3-11H,1-2H3/b16-11-. The molecule has 0 fully saturated rings. The average molecular weight is 386 g/mol. The lowest BCUT2D eigenvalue weighted by Crippen LogP contribution is -2.20. The molecule has 0 radical (unpaired) electrons. The molecular weight excluding hydrogens is 371 g/mol. The first kappa shape index (κ1) is 19.7. The molecular formula is C18H15ClF3NO3. The minimum Gasteiger partial charge on any atom is -0.452 e. The molecule has 0 atom stereocenters. The van der Waals surface area contributed by atoms with Crippen molar-refractivity contribution in [1.29, 1.82) is 0 Å². The van der Waals surface area contributed by atoms with Gasteiger partial charge >= 0.3 is 6.36 Å². The summed E-state index contributed by atoms with van der Waals surface area (Å²) in [5, 5.41) is 0.478. The molecule has 0 spiro atoms. The summed E-state index contributed by atoms with van der Waals surface area (Å²) in [4.78, 5) is 14.3. The fraction of sp³-hybridized carbons (Fsp3) is 0.167. The van der Waals surface area contributed by atoms with Crippen LogP contribution in [0.15, 0.2) is 60.5 Å². The Kier molecular flexibility index (Phi) is 6.15. The van der Waals surface area contributed by atoms with E-state index in [4.69, 9.17) is 16.3 Å². The second-order valence-corrected chi connectivity index (χ2v) is 5.82. The zero-order valence-corrected chi connectivity index (χ0v) is 14.6. The van der Waals surface area contributed by atoms with Crippen LogP contribution < -0.4 is 9.47 Å². The van der Waals surface area contributed by atoms with E-state index in [0.717, 1.165) is 6.07 Å². The molecule has 0 unspecified atom stereocenters. The number of rotatable bonds is 6. The number of allylic oxidation sites excluding steroid dienone is 1. The molecule has 8 heteroatoms. The third kappa shape index (κ3) is 5.70. The van der Waals surface area contributed by atoms with Crippen LogP contribution in [-0.2, 0) is 0 Å². The maximum atomic E-state index is 12.8. The molecule has 2 rings (SSSR count). The van der Waals surface area contributed by atoms with Crippen molar-refractivity contribution in [3.05, 3.63) is 71.1 Å². The van der Waals surface area contributed by atoms with Crippen LogP contribution in [0.2, 0.25) is 5.02 Å². The van der Waals surface area contributed by atoms with Gasteiger partial charge in [0.15, 0.2) is 5.76 Å². The number of carbonyl (C=O) groups is 1. The largest absolute Gasteiger partial charge is 0.573 e. The average Bonchev–Trinajstić information content (AvgIpc) is 2.54. The highest BCUT2D eigenvalue weighted by atomic mass is 35.5. The number of ether oxygens (including phenoxy) is 2. The summed E-state index contributed by atoms with van der Waals surface area (Å²) in [5.74, 6) is -1.22. The van der Waals surface area contributed by atoms with Crippen LogP contribution in [0.5, 0.6) is 11.5 Å². The highest BCUT2D eigenvalue weighted by Gasteiger charge is 2.33. The van der Waals surface area contributed by atoms with Gasteiger partial charge in [-0.3, -0.25) is 4.79 Å². The van der Waals surface area contributed by atoms with Gasteiger partial charge in [-0.05, 0) is 36.4 Å². The van der Waals surface area contributed by atoms with Crippen LogP contribution >= 0.6 is 11.6 Å². The SMILES string of the molecule is CN(C)/C=C(\Oc1ccc(Cl)cc1)C(=O)c1ccccc1OC(F)(F)F. The Morgan fingerprint density at radius 2 is 1.69 bits per heavy atom. The number of halogens is 4. The molecule has 0 bridgehead atoms. The molecule has 138 valence electrons. The van der Waals surface area contributed by atoms with Crippen molar-refractivity contribution in [3.63, 3.8) is 0 Å². The summed E-state index contributed by atoms with van der Waals surface area (Å²) < 4.78 is 47.2. The minimum absolute atomic E-state index is 0.171. The number of hydrogen-bond donors (Lipinski definition) is 0. The van der Waals surface area contributed by atoms with Gasteiger partial charge in [0.2, 0.25) is 5.78 Å². The minimum atomic E-state index is -4.92. The first-order chi connectivity index (χ1) is 12.2. The molecule has 0 saturated heterocycles. The van der Waals surface area contributed by atoms with Crippen molar-refractivity contribution in [1.82, 2.24) is 4.90 Å². The topological polar surface area (TPSA) is 38.8 Å². The van der Waals surface area contributed by atoms with Gasteiger partial charge in [0.1, 0.15) is 11.5 Å². The molecule has 0 N–H and O–H groups in total. The van der Waals surface area contributed by atoms with Crippen molar-refractivity contribution < 1.29 is 27.4 Å². The van der Waals surface area contributed by atoms with E-state index in [1.54, 1.807) is 26.2 Å². The third-order valence-corrected chi connectivity index (χ3v) is 3.25. The van der Waals surface area contributed by atoms with Crippen LogP contribution in [-0.4, -0.2) is 31.1 Å². The lowest BCUT2D eigenvalue weighted by atomic mass is 10.1. The van der Waals surface area contributed by atoms with E-state index >= 15 is 0 Å². The molecule has 0 aliphatic carbocycles. The van der Waals surface area contributed by atoms with E-state index in [-0.39, 0.29) is 11.3 Å². The Bertz CT molecular complexity index is 802. The van der Waals surface area contributed by atoms with Crippen LogP contribution in [0.4, 0.5) is 13.2 Å². The van der Waals surface area contributed by atoms with E-state index in [1.807, 2.05) is 0 Å². The third-order valence-electron chi connectivity index (χ3n) is 3.00. The smallest absolute Gasteiger partial charge is 0.452 e. The van der Waals surface area contributed by atoms with Gasteiger partial charge in [-0.2, -0.15) is 0 Å². The Balaban J connectivity index is 2.37. The summed E-state index contributed by atoms with van der Waals surface area (Å²) in [6.45, 7) is 0. The number of Topliss-reactive ketones (excluding diaryl/α,β-unsaturated/α-hetero) is 1.